The number of non-ortho nitro benzene ring substituents is 1. The van der Waals surface area contributed by atoms with Gasteiger partial charge in [-0.05, 0) is 67.2 Å². The second-order valence-electron chi connectivity index (χ2n) is 7.67. The molecule has 0 aromatic heterocycles. The fourth-order valence-corrected chi connectivity index (χ4v) is 3.46. The molecule has 2 aromatic carbocycles. The summed E-state index contributed by atoms with van der Waals surface area (Å²) in [6, 6.07) is 14.4. The van der Waals surface area contributed by atoms with Crippen molar-refractivity contribution in [2.24, 2.45) is 5.92 Å². The zero-order chi connectivity index (χ0) is 20.8. The molecule has 1 aliphatic heterocycles. The van der Waals surface area contributed by atoms with Crippen LogP contribution < -0.4 is 10.2 Å². The minimum atomic E-state index is -0.445. The summed E-state index contributed by atoms with van der Waals surface area (Å²) in [6.45, 7) is 6.45. The summed E-state index contributed by atoms with van der Waals surface area (Å²) in [5.74, 6) is 0.602. The molecule has 29 heavy (non-hydrogen) atoms. The van der Waals surface area contributed by atoms with Crippen LogP contribution in [0.25, 0.3) is 6.08 Å². The average molecular weight is 393 g/mol. The third kappa shape index (κ3) is 5.67. The first-order valence-corrected chi connectivity index (χ1v) is 10.0. The van der Waals surface area contributed by atoms with Crippen LogP contribution in [0.4, 0.5) is 11.4 Å². The third-order valence-corrected chi connectivity index (χ3v) is 5.43. The largest absolute Gasteiger partial charge is 0.372 e. The number of amides is 1. The molecule has 0 unspecified atom stereocenters. The van der Waals surface area contributed by atoms with Crippen molar-refractivity contribution in [2.75, 3.05) is 18.0 Å². The monoisotopic (exact) mass is 393 g/mol. The van der Waals surface area contributed by atoms with Crippen molar-refractivity contribution in [3.8, 4) is 0 Å². The molecule has 1 N–H and O–H groups in total. The molecule has 0 bridgehead atoms. The van der Waals surface area contributed by atoms with E-state index in [-0.39, 0.29) is 17.6 Å². The molecule has 0 spiro atoms. The van der Waals surface area contributed by atoms with Crippen molar-refractivity contribution in [1.82, 2.24) is 5.32 Å². The van der Waals surface area contributed by atoms with E-state index in [1.54, 1.807) is 18.2 Å². The number of rotatable bonds is 6. The number of nitro benzene ring substituents is 1. The first-order chi connectivity index (χ1) is 13.9. The molecule has 2 aromatic rings. The zero-order valence-electron chi connectivity index (χ0n) is 16.9. The molecule has 6 heteroatoms. The quantitative estimate of drug-likeness (QED) is 0.438. The highest BCUT2D eigenvalue weighted by Gasteiger charge is 2.16. The van der Waals surface area contributed by atoms with Gasteiger partial charge in [-0.1, -0.05) is 19.1 Å². The highest BCUT2D eigenvalue weighted by molar-refractivity contribution is 5.92. The van der Waals surface area contributed by atoms with Gasteiger partial charge >= 0.3 is 0 Å². The minimum Gasteiger partial charge on any atom is -0.372 e. The minimum absolute atomic E-state index is 0.0303. The van der Waals surface area contributed by atoms with E-state index in [0.29, 0.717) is 0 Å². The predicted molar refractivity (Wildman–Crippen MR) is 116 cm³/mol. The Balaban J connectivity index is 1.54. The van der Waals surface area contributed by atoms with Crippen molar-refractivity contribution >= 4 is 23.4 Å². The maximum Gasteiger partial charge on any atom is 0.269 e. The van der Waals surface area contributed by atoms with Crippen molar-refractivity contribution in [1.29, 1.82) is 0 Å². The van der Waals surface area contributed by atoms with Crippen LogP contribution in [-0.2, 0) is 4.79 Å². The van der Waals surface area contributed by atoms with E-state index in [2.05, 4.69) is 41.4 Å². The van der Waals surface area contributed by atoms with Crippen molar-refractivity contribution in [3.05, 3.63) is 75.8 Å². The van der Waals surface area contributed by atoms with Crippen LogP contribution >= 0.6 is 0 Å². The molecule has 0 aliphatic carbocycles. The first kappa shape index (κ1) is 20.6. The highest BCUT2D eigenvalue weighted by atomic mass is 16.6. The van der Waals surface area contributed by atoms with Crippen LogP contribution in [-0.4, -0.2) is 23.9 Å². The van der Waals surface area contributed by atoms with Crippen molar-refractivity contribution < 1.29 is 9.72 Å². The van der Waals surface area contributed by atoms with Gasteiger partial charge in [-0.3, -0.25) is 14.9 Å². The summed E-state index contributed by atoms with van der Waals surface area (Å²) in [4.78, 5) is 24.9. The molecule has 0 radical (unpaired) electrons. The number of nitro groups is 1. The summed E-state index contributed by atoms with van der Waals surface area (Å²) in [5.41, 5.74) is 3.05. The van der Waals surface area contributed by atoms with Gasteiger partial charge in [-0.25, -0.2) is 0 Å². The molecule has 1 heterocycles. The van der Waals surface area contributed by atoms with Gasteiger partial charge in [0.2, 0.25) is 5.91 Å². The van der Waals surface area contributed by atoms with Gasteiger partial charge in [-0.2, -0.15) is 0 Å². The number of hydrogen-bond donors (Lipinski definition) is 1. The molecule has 0 saturated carbocycles. The van der Waals surface area contributed by atoms with Gasteiger partial charge < -0.3 is 10.2 Å². The molecule has 1 fully saturated rings. The smallest absolute Gasteiger partial charge is 0.269 e. The third-order valence-electron chi connectivity index (χ3n) is 5.43. The molecular formula is C23H27N3O3. The average Bonchev–Trinajstić information content (AvgIpc) is 2.73. The van der Waals surface area contributed by atoms with Crippen LogP contribution in [0, 0.1) is 16.0 Å². The summed E-state index contributed by atoms with van der Waals surface area (Å²) in [6.07, 6.45) is 5.55. The van der Waals surface area contributed by atoms with Gasteiger partial charge in [0.05, 0.1) is 11.0 Å². The number of nitrogens with zero attached hydrogens (tertiary/aromatic N) is 2. The SMILES string of the molecule is CC1CCN(c2ccc([C@H](C)NC(=O)/C=C/c3ccc([N+](=O)[O-])cc3)cc2)CC1. The van der Waals surface area contributed by atoms with Crippen LogP contribution in [0.2, 0.25) is 0 Å². The zero-order valence-corrected chi connectivity index (χ0v) is 16.9. The van der Waals surface area contributed by atoms with Gasteiger partial charge in [0.1, 0.15) is 0 Å². The Morgan fingerprint density at radius 2 is 1.76 bits per heavy atom. The Labute approximate surface area is 171 Å². The van der Waals surface area contributed by atoms with E-state index >= 15 is 0 Å². The summed E-state index contributed by atoms with van der Waals surface area (Å²) >= 11 is 0. The van der Waals surface area contributed by atoms with Crippen LogP contribution in [0.3, 0.4) is 0 Å². The molecule has 3 rings (SSSR count). The fourth-order valence-electron chi connectivity index (χ4n) is 3.46. The highest BCUT2D eigenvalue weighted by Crippen LogP contribution is 2.24. The van der Waals surface area contributed by atoms with Crippen LogP contribution in [0.15, 0.2) is 54.6 Å². The second kappa shape index (κ2) is 9.37. The second-order valence-corrected chi connectivity index (χ2v) is 7.67. The lowest BCUT2D eigenvalue weighted by atomic mass is 9.98. The van der Waals surface area contributed by atoms with Gasteiger partial charge in [0.25, 0.3) is 5.69 Å². The van der Waals surface area contributed by atoms with Crippen LogP contribution in [0.1, 0.15) is 43.9 Å². The Bertz CT molecular complexity index is 867. The number of anilines is 1. The van der Waals surface area contributed by atoms with E-state index in [0.717, 1.165) is 30.1 Å². The standard InChI is InChI=1S/C23H27N3O3/c1-17-13-15-25(16-14-17)21-10-6-20(7-11-21)18(2)24-23(27)12-5-19-3-8-22(9-4-19)26(28)29/h3-12,17-18H,13-16H2,1-2H3,(H,24,27)/b12-5+/t18-/m0/s1. The van der Waals surface area contributed by atoms with Crippen molar-refractivity contribution in [2.45, 2.75) is 32.7 Å². The van der Waals surface area contributed by atoms with Gasteiger partial charge in [-0.15, -0.1) is 0 Å². The Morgan fingerprint density at radius 3 is 2.34 bits per heavy atom. The number of benzene rings is 2. The lowest BCUT2D eigenvalue weighted by Crippen LogP contribution is -2.32. The number of nitrogens with one attached hydrogen (secondary N) is 1. The topological polar surface area (TPSA) is 75.5 Å². The Hall–Kier alpha value is -3.15. The summed E-state index contributed by atoms with van der Waals surface area (Å²) in [7, 11) is 0. The molecule has 152 valence electrons. The molecule has 1 atom stereocenters. The van der Waals surface area contributed by atoms with Gasteiger partial charge in [0.15, 0.2) is 0 Å². The fraction of sp³-hybridized carbons (Fsp3) is 0.348. The first-order valence-electron chi connectivity index (χ1n) is 10.0. The molecular weight excluding hydrogens is 366 g/mol. The lowest BCUT2D eigenvalue weighted by molar-refractivity contribution is -0.384. The predicted octanol–water partition coefficient (Wildman–Crippen LogP) is 4.72. The van der Waals surface area contributed by atoms with E-state index in [9.17, 15) is 14.9 Å². The number of carbonyl (C=O) groups is 1. The summed E-state index contributed by atoms with van der Waals surface area (Å²) in [5, 5.41) is 13.6. The maximum absolute atomic E-state index is 12.2. The normalized spacial score (nSPS) is 16.0. The number of hydrogen-bond acceptors (Lipinski definition) is 4. The lowest BCUT2D eigenvalue weighted by Gasteiger charge is -2.32. The van der Waals surface area contributed by atoms with E-state index < -0.39 is 4.92 Å². The summed E-state index contributed by atoms with van der Waals surface area (Å²) < 4.78 is 0. The van der Waals surface area contributed by atoms with Gasteiger partial charge in [0, 0.05) is 37.0 Å². The number of carbonyl (C=O) groups excluding carboxylic acids is 1. The van der Waals surface area contributed by atoms with E-state index in [1.165, 1.54) is 36.7 Å². The van der Waals surface area contributed by atoms with Crippen molar-refractivity contribution in [3.63, 3.8) is 0 Å². The molecule has 1 aliphatic rings. The van der Waals surface area contributed by atoms with E-state index in [4.69, 9.17) is 0 Å². The molecule has 6 nitrogen and oxygen atoms in total. The van der Waals surface area contributed by atoms with Crippen LogP contribution in [0.5, 0.6) is 0 Å². The number of piperidine rings is 1. The maximum atomic E-state index is 12.2. The van der Waals surface area contributed by atoms with E-state index in [1.807, 2.05) is 6.92 Å². The Morgan fingerprint density at radius 1 is 1.14 bits per heavy atom. The molecule has 1 saturated heterocycles. The molecule has 1 amide bonds. The Kier molecular flexibility index (Phi) is 6.65.